The van der Waals surface area contributed by atoms with Crippen molar-refractivity contribution in [3.8, 4) is 0 Å². The van der Waals surface area contributed by atoms with Gasteiger partial charge in [0, 0.05) is 28.1 Å². The van der Waals surface area contributed by atoms with Crippen molar-refractivity contribution < 1.29 is 4.92 Å². The minimum atomic E-state index is -0.386. The number of benzene rings is 1. The molecule has 0 aliphatic rings. The van der Waals surface area contributed by atoms with Gasteiger partial charge in [0.15, 0.2) is 0 Å². The van der Waals surface area contributed by atoms with E-state index in [0.717, 1.165) is 33.0 Å². The number of fused-ring (bicyclic) bond motifs is 1. The van der Waals surface area contributed by atoms with Gasteiger partial charge in [-0.25, -0.2) is 9.97 Å². The largest absolute Gasteiger partial charge is 0.269 e. The van der Waals surface area contributed by atoms with Gasteiger partial charge in [-0.2, -0.15) is 0 Å². The summed E-state index contributed by atoms with van der Waals surface area (Å²) in [5.41, 5.74) is 1.15. The van der Waals surface area contributed by atoms with Crippen molar-refractivity contribution in [3.05, 3.63) is 57.2 Å². The van der Waals surface area contributed by atoms with Crippen LogP contribution in [0.5, 0.6) is 0 Å². The Morgan fingerprint density at radius 2 is 2.05 bits per heavy atom. The number of rotatable bonds is 5. The highest BCUT2D eigenvalue weighted by Crippen LogP contribution is 2.32. The minimum absolute atomic E-state index is 0.114. The predicted octanol–water partition coefficient (Wildman–Crippen LogP) is 4.45. The lowest BCUT2D eigenvalue weighted by Crippen LogP contribution is -1.89. The van der Waals surface area contributed by atoms with Crippen LogP contribution in [0.2, 0.25) is 0 Å². The predicted molar refractivity (Wildman–Crippen MR) is 89.5 cm³/mol. The molecular formula is C15H13N3O2S2. The Balaban J connectivity index is 1.78. The maximum Gasteiger partial charge on any atom is 0.269 e. The van der Waals surface area contributed by atoms with Crippen LogP contribution < -0.4 is 0 Å². The van der Waals surface area contributed by atoms with E-state index in [1.165, 1.54) is 17.0 Å². The van der Waals surface area contributed by atoms with Crippen molar-refractivity contribution in [2.75, 3.05) is 0 Å². The second-order valence-electron chi connectivity index (χ2n) is 4.68. The fraction of sp³-hybridized carbons (Fsp3) is 0.200. The number of hydrogen-bond donors (Lipinski definition) is 0. The number of hydrogen-bond acceptors (Lipinski definition) is 6. The van der Waals surface area contributed by atoms with Gasteiger partial charge in [0.2, 0.25) is 0 Å². The number of non-ortho nitro benzene ring substituents is 1. The van der Waals surface area contributed by atoms with Crippen LogP contribution in [0.1, 0.15) is 17.4 Å². The molecule has 0 atom stereocenters. The Kier molecular flexibility index (Phi) is 4.35. The molecule has 7 heteroatoms. The normalized spacial score (nSPS) is 11.0. The van der Waals surface area contributed by atoms with Gasteiger partial charge in [0.25, 0.3) is 5.69 Å². The molecule has 0 radical (unpaired) electrons. The molecule has 112 valence electrons. The first kappa shape index (κ1) is 14.9. The molecule has 22 heavy (non-hydrogen) atoms. The molecule has 3 rings (SSSR count). The number of thiophene rings is 1. The summed E-state index contributed by atoms with van der Waals surface area (Å²) in [6, 6.07) is 8.79. The summed E-state index contributed by atoms with van der Waals surface area (Å²) in [6.07, 6.45) is 2.59. The first-order valence-electron chi connectivity index (χ1n) is 6.77. The third kappa shape index (κ3) is 3.10. The van der Waals surface area contributed by atoms with Crippen LogP contribution in [0, 0.1) is 10.1 Å². The van der Waals surface area contributed by atoms with Gasteiger partial charge in [0.1, 0.15) is 16.2 Å². The average molecular weight is 331 g/mol. The summed E-state index contributed by atoms with van der Waals surface area (Å²) in [7, 11) is 0. The van der Waals surface area contributed by atoms with Crippen LogP contribution in [0.3, 0.4) is 0 Å². The quantitative estimate of drug-likeness (QED) is 0.299. The van der Waals surface area contributed by atoms with Crippen LogP contribution in [0.25, 0.3) is 10.2 Å². The summed E-state index contributed by atoms with van der Waals surface area (Å²) < 4.78 is 0. The molecule has 0 aliphatic heterocycles. The topological polar surface area (TPSA) is 68.9 Å². The zero-order chi connectivity index (χ0) is 15.5. The number of nitrogens with zero attached hydrogens (tertiary/aromatic N) is 3. The number of thioether (sulfide) groups is 1. The SMILES string of the molecule is CCc1cc2c(SCc3ccc([N+](=O)[O-])cc3)ncnc2s1. The fourth-order valence-electron chi connectivity index (χ4n) is 2.04. The molecule has 3 aromatic rings. The van der Waals surface area contributed by atoms with Crippen molar-refractivity contribution >= 4 is 39.0 Å². The third-order valence-electron chi connectivity index (χ3n) is 3.22. The van der Waals surface area contributed by atoms with Gasteiger partial charge < -0.3 is 0 Å². The van der Waals surface area contributed by atoms with Crippen LogP contribution in [0.15, 0.2) is 41.7 Å². The number of nitro benzene ring substituents is 1. The Hall–Kier alpha value is -1.99. The molecule has 2 aromatic heterocycles. The molecule has 5 nitrogen and oxygen atoms in total. The van der Waals surface area contributed by atoms with Crippen molar-refractivity contribution in [1.82, 2.24) is 9.97 Å². The molecule has 0 bridgehead atoms. The summed E-state index contributed by atoms with van der Waals surface area (Å²) in [5, 5.41) is 12.7. The molecule has 0 aliphatic carbocycles. The van der Waals surface area contributed by atoms with E-state index < -0.39 is 0 Å². The summed E-state index contributed by atoms with van der Waals surface area (Å²) in [4.78, 5) is 21.3. The van der Waals surface area contributed by atoms with E-state index in [9.17, 15) is 10.1 Å². The van der Waals surface area contributed by atoms with Crippen molar-refractivity contribution in [2.45, 2.75) is 24.1 Å². The maximum atomic E-state index is 10.7. The molecular weight excluding hydrogens is 318 g/mol. The molecule has 0 saturated heterocycles. The number of nitro groups is 1. The fourth-order valence-corrected chi connectivity index (χ4v) is 3.97. The Morgan fingerprint density at radius 1 is 1.27 bits per heavy atom. The van der Waals surface area contributed by atoms with Crippen LogP contribution in [0.4, 0.5) is 5.69 Å². The van der Waals surface area contributed by atoms with Gasteiger partial charge in [-0.05, 0) is 18.1 Å². The lowest BCUT2D eigenvalue weighted by atomic mass is 10.2. The highest BCUT2D eigenvalue weighted by atomic mass is 32.2. The number of aromatic nitrogens is 2. The summed E-state index contributed by atoms with van der Waals surface area (Å²) >= 11 is 3.33. The van der Waals surface area contributed by atoms with E-state index in [4.69, 9.17) is 0 Å². The minimum Gasteiger partial charge on any atom is -0.258 e. The van der Waals surface area contributed by atoms with E-state index in [-0.39, 0.29) is 10.6 Å². The van der Waals surface area contributed by atoms with Gasteiger partial charge in [-0.1, -0.05) is 19.1 Å². The maximum absolute atomic E-state index is 10.7. The second kappa shape index (κ2) is 6.41. The molecule has 0 spiro atoms. The van der Waals surface area contributed by atoms with Gasteiger partial charge in [0.05, 0.1) is 4.92 Å². The lowest BCUT2D eigenvalue weighted by molar-refractivity contribution is -0.384. The Labute approximate surface area is 135 Å². The second-order valence-corrected chi connectivity index (χ2v) is 6.76. The monoisotopic (exact) mass is 331 g/mol. The van der Waals surface area contributed by atoms with Gasteiger partial charge in [-0.3, -0.25) is 10.1 Å². The van der Waals surface area contributed by atoms with E-state index >= 15 is 0 Å². The van der Waals surface area contributed by atoms with Crippen LogP contribution >= 0.6 is 23.1 Å². The smallest absolute Gasteiger partial charge is 0.258 e. The third-order valence-corrected chi connectivity index (χ3v) is 5.48. The van der Waals surface area contributed by atoms with Crippen molar-refractivity contribution in [1.29, 1.82) is 0 Å². The Bertz CT molecular complexity index is 815. The van der Waals surface area contributed by atoms with E-state index in [1.807, 2.05) is 0 Å². The standard InChI is InChI=1S/C15H13N3O2S2/c1-2-12-7-13-14(16-9-17-15(13)22-12)21-8-10-3-5-11(6-4-10)18(19)20/h3-7,9H,2,8H2,1H3. The first-order chi connectivity index (χ1) is 10.7. The van der Waals surface area contributed by atoms with Gasteiger partial charge >= 0.3 is 0 Å². The van der Waals surface area contributed by atoms with Crippen molar-refractivity contribution in [3.63, 3.8) is 0 Å². The highest BCUT2D eigenvalue weighted by Gasteiger charge is 2.09. The average Bonchev–Trinajstić information content (AvgIpc) is 2.97. The molecule has 0 amide bonds. The Morgan fingerprint density at radius 3 is 2.73 bits per heavy atom. The zero-order valence-electron chi connectivity index (χ0n) is 11.9. The van der Waals surface area contributed by atoms with Crippen LogP contribution in [-0.4, -0.2) is 14.9 Å². The lowest BCUT2D eigenvalue weighted by Gasteiger charge is -2.02. The molecule has 2 heterocycles. The van der Waals surface area contributed by atoms with E-state index in [0.29, 0.717) is 0 Å². The highest BCUT2D eigenvalue weighted by molar-refractivity contribution is 7.98. The number of aryl methyl sites for hydroxylation is 1. The first-order valence-corrected chi connectivity index (χ1v) is 8.57. The molecule has 0 fully saturated rings. The van der Waals surface area contributed by atoms with E-state index in [2.05, 4.69) is 23.0 Å². The van der Waals surface area contributed by atoms with Crippen molar-refractivity contribution in [2.24, 2.45) is 0 Å². The van der Waals surface area contributed by atoms with Crippen LogP contribution in [-0.2, 0) is 12.2 Å². The van der Waals surface area contributed by atoms with E-state index in [1.54, 1.807) is 41.6 Å². The van der Waals surface area contributed by atoms with Gasteiger partial charge in [-0.15, -0.1) is 23.1 Å². The molecule has 0 saturated carbocycles. The summed E-state index contributed by atoms with van der Waals surface area (Å²) in [5.74, 6) is 0.724. The molecule has 0 unspecified atom stereocenters. The molecule has 1 aromatic carbocycles. The zero-order valence-corrected chi connectivity index (χ0v) is 13.5. The summed E-state index contributed by atoms with van der Waals surface area (Å²) in [6.45, 7) is 2.13. The molecule has 0 N–H and O–H groups in total.